The summed E-state index contributed by atoms with van der Waals surface area (Å²) in [6.45, 7) is -0.739. The molecule has 1 aromatic carbocycles. The molecule has 2 N–H and O–H groups in total. The Bertz CT molecular complexity index is 394. The molecule has 0 aliphatic carbocycles. The minimum Gasteiger partial charge on any atom is -0.480 e. The Kier molecular flexibility index (Phi) is 5.20. The van der Waals surface area contributed by atoms with Gasteiger partial charge in [-0.25, -0.2) is 4.79 Å². The molecule has 5 nitrogen and oxygen atoms in total. The van der Waals surface area contributed by atoms with E-state index in [2.05, 4.69) is 32.6 Å². The number of carbonyl (C=O) groups is 2. The number of amides is 1. The molecule has 6 heteroatoms. The average Bonchev–Trinajstić information content (AvgIpc) is 2.16. The summed E-state index contributed by atoms with van der Waals surface area (Å²) in [5.74, 6) is -1.47. The van der Waals surface area contributed by atoms with E-state index in [0.717, 1.165) is 3.57 Å². The number of benzene rings is 1. The zero-order valence-corrected chi connectivity index (χ0v) is 10.4. The van der Waals surface area contributed by atoms with Crippen molar-refractivity contribution in [3.63, 3.8) is 0 Å². The molecule has 0 aliphatic heterocycles. The lowest BCUT2D eigenvalue weighted by Crippen LogP contribution is -2.20. The summed E-state index contributed by atoms with van der Waals surface area (Å²) in [5.41, 5.74) is 0.663. The van der Waals surface area contributed by atoms with Crippen LogP contribution in [-0.4, -0.2) is 30.2 Å². The monoisotopic (exact) mass is 335 g/mol. The van der Waals surface area contributed by atoms with Crippen LogP contribution >= 0.6 is 22.6 Å². The van der Waals surface area contributed by atoms with Crippen LogP contribution in [0.4, 0.5) is 5.69 Å². The summed E-state index contributed by atoms with van der Waals surface area (Å²) in [4.78, 5) is 21.4. The summed E-state index contributed by atoms with van der Waals surface area (Å²) in [6.07, 6.45) is 0. The lowest BCUT2D eigenvalue weighted by Gasteiger charge is -2.05. The number of aliphatic carboxylic acids is 1. The highest BCUT2D eigenvalue weighted by atomic mass is 127. The Morgan fingerprint density at radius 3 is 2.75 bits per heavy atom. The minimum absolute atomic E-state index is 0.266. The van der Waals surface area contributed by atoms with Gasteiger partial charge in [-0.05, 0) is 40.8 Å². The Balaban J connectivity index is 2.37. The lowest BCUT2D eigenvalue weighted by atomic mass is 10.3. The molecule has 1 rings (SSSR count). The second kappa shape index (κ2) is 6.44. The maximum atomic E-state index is 11.3. The molecule has 16 heavy (non-hydrogen) atoms. The maximum Gasteiger partial charge on any atom is 0.329 e. The van der Waals surface area contributed by atoms with Gasteiger partial charge in [-0.15, -0.1) is 0 Å². The lowest BCUT2D eigenvalue weighted by molar-refractivity contribution is -0.143. The first-order chi connectivity index (χ1) is 7.58. The van der Waals surface area contributed by atoms with E-state index >= 15 is 0 Å². The van der Waals surface area contributed by atoms with Gasteiger partial charge >= 0.3 is 5.97 Å². The Morgan fingerprint density at radius 2 is 2.12 bits per heavy atom. The number of hydrogen-bond acceptors (Lipinski definition) is 3. The zero-order chi connectivity index (χ0) is 12.0. The van der Waals surface area contributed by atoms with Crippen LogP contribution in [0.3, 0.4) is 0 Å². The highest BCUT2D eigenvalue weighted by molar-refractivity contribution is 14.1. The van der Waals surface area contributed by atoms with E-state index in [0.29, 0.717) is 5.69 Å². The summed E-state index contributed by atoms with van der Waals surface area (Å²) in [6, 6.07) is 7.26. The van der Waals surface area contributed by atoms with Gasteiger partial charge < -0.3 is 15.2 Å². The molecular weight excluding hydrogens is 325 g/mol. The van der Waals surface area contributed by atoms with Crippen LogP contribution in [0.5, 0.6) is 0 Å². The van der Waals surface area contributed by atoms with E-state index in [1.807, 2.05) is 12.1 Å². The minimum atomic E-state index is -1.10. The summed E-state index contributed by atoms with van der Waals surface area (Å²) in [5, 5.41) is 10.9. The van der Waals surface area contributed by atoms with Gasteiger partial charge in [0.15, 0.2) is 0 Å². The Labute approximate surface area is 106 Å². The van der Waals surface area contributed by atoms with Crippen LogP contribution < -0.4 is 5.32 Å². The SMILES string of the molecule is O=C(O)COCC(=O)Nc1cccc(I)c1. The highest BCUT2D eigenvalue weighted by Gasteiger charge is 2.04. The molecule has 0 spiro atoms. The summed E-state index contributed by atoms with van der Waals surface area (Å²) in [7, 11) is 0. The van der Waals surface area contributed by atoms with Crippen molar-refractivity contribution in [1.29, 1.82) is 0 Å². The molecule has 0 saturated carbocycles. The number of rotatable bonds is 5. The molecule has 0 bridgehead atoms. The molecule has 0 aromatic heterocycles. The summed E-state index contributed by atoms with van der Waals surface area (Å²) < 4.78 is 5.65. The van der Waals surface area contributed by atoms with Crippen LogP contribution in [0, 0.1) is 3.57 Å². The molecule has 0 atom stereocenters. The number of carbonyl (C=O) groups excluding carboxylic acids is 1. The van der Waals surface area contributed by atoms with Gasteiger partial charge in [-0.3, -0.25) is 4.79 Å². The van der Waals surface area contributed by atoms with E-state index in [1.165, 1.54) is 0 Å². The predicted molar refractivity (Wildman–Crippen MR) is 66.2 cm³/mol. The van der Waals surface area contributed by atoms with Gasteiger partial charge in [0.25, 0.3) is 0 Å². The number of halogens is 1. The van der Waals surface area contributed by atoms with Gasteiger partial charge in [0.1, 0.15) is 13.2 Å². The van der Waals surface area contributed by atoms with Crippen LogP contribution in [-0.2, 0) is 14.3 Å². The first kappa shape index (κ1) is 12.9. The molecule has 0 aliphatic rings. The third kappa shape index (κ3) is 5.08. The Morgan fingerprint density at radius 1 is 1.38 bits per heavy atom. The quantitative estimate of drug-likeness (QED) is 0.796. The largest absolute Gasteiger partial charge is 0.480 e. The van der Waals surface area contributed by atoms with Crippen LogP contribution in [0.2, 0.25) is 0 Å². The number of nitrogens with one attached hydrogen (secondary N) is 1. The molecule has 1 amide bonds. The smallest absolute Gasteiger partial charge is 0.329 e. The highest BCUT2D eigenvalue weighted by Crippen LogP contribution is 2.11. The van der Waals surface area contributed by atoms with E-state index in [-0.39, 0.29) is 12.5 Å². The Hall–Kier alpha value is -1.15. The standard InChI is InChI=1S/C10H10INO4/c11-7-2-1-3-8(4-7)12-9(13)5-16-6-10(14)15/h1-4H,5-6H2,(H,12,13)(H,14,15). The first-order valence-corrected chi connectivity index (χ1v) is 5.51. The van der Waals surface area contributed by atoms with Crippen molar-refractivity contribution < 1.29 is 19.4 Å². The fraction of sp³-hybridized carbons (Fsp3) is 0.200. The molecule has 0 radical (unpaired) electrons. The van der Waals surface area contributed by atoms with E-state index in [1.54, 1.807) is 12.1 Å². The number of ether oxygens (including phenoxy) is 1. The fourth-order valence-corrected chi connectivity index (χ4v) is 1.54. The molecule has 86 valence electrons. The van der Waals surface area contributed by atoms with E-state index < -0.39 is 12.6 Å². The van der Waals surface area contributed by atoms with E-state index in [9.17, 15) is 9.59 Å². The second-order valence-electron chi connectivity index (χ2n) is 2.95. The third-order valence-electron chi connectivity index (χ3n) is 1.57. The van der Waals surface area contributed by atoms with Crippen molar-refractivity contribution in [1.82, 2.24) is 0 Å². The van der Waals surface area contributed by atoms with Gasteiger partial charge in [-0.2, -0.15) is 0 Å². The third-order valence-corrected chi connectivity index (χ3v) is 2.24. The van der Waals surface area contributed by atoms with Crippen molar-refractivity contribution in [2.24, 2.45) is 0 Å². The van der Waals surface area contributed by atoms with Gasteiger partial charge in [0.05, 0.1) is 0 Å². The predicted octanol–water partition coefficient (Wildman–Crippen LogP) is 1.33. The number of carboxylic acids is 1. The topological polar surface area (TPSA) is 75.6 Å². The normalized spacial score (nSPS) is 9.81. The van der Waals surface area contributed by atoms with Crippen molar-refractivity contribution in [3.05, 3.63) is 27.8 Å². The van der Waals surface area contributed by atoms with Crippen molar-refractivity contribution >= 4 is 40.2 Å². The molecule has 0 fully saturated rings. The first-order valence-electron chi connectivity index (χ1n) is 4.43. The van der Waals surface area contributed by atoms with Crippen molar-refractivity contribution in [2.75, 3.05) is 18.5 Å². The van der Waals surface area contributed by atoms with Gasteiger partial charge in [-0.1, -0.05) is 6.07 Å². The van der Waals surface area contributed by atoms with Crippen LogP contribution in [0.25, 0.3) is 0 Å². The van der Waals surface area contributed by atoms with Gasteiger partial charge in [0, 0.05) is 9.26 Å². The molecule has 0 unspecified atom stereocenters. The van der Waals surface area contributed by atoms with Crippen LogP contribution in [0.1, 0.15) is 0 Å². The summed E-state index contributed by atoms with van der Waals surface area (Å²) >= 11 is 2.13. The zero-order valence-electron chi connectivity index (χ0n) is 8.27. The fourth-order valence-electron chi connectivity index (χ4n) is 0.994. The van der Waals surface area contributed by atoms with Crippen LogP contribution in [0.15, 0.2) is 24.3 Å². The average molecular weight is 335 g/mol. The second-order valence-corrected chi connectivity index (χ2v) is 4.19. The molecule has 1 aromatic rings. The molecule has 0 saturated heterocycles. The molecular formula is C10H10INO4. The van der Waals surface area contributed by atoms with E-state index in [4.69, 9.17) is 5.11 Å². The number of anilines is 1. The number of carboxylic acid groups (broad SMARTS) is 1. The van der Waals surface area contributed by atoms with Crippen molar-refractivity contribution in [3.8, 4) is 0 Å². The molecule has 0 heterocycles. The van der Waals surface area contributed by atoms with Gasteiger partial charge in [0.2, 0.25) is 5.91 Å². The maximum absolute atomic E-state index is 11.3. The van der Waals surface area contributed by atoms with Crippen molar-refractivity contribution in [2.45, 2.75) is 0 Å². The number of hydrogen-bond donors (Lipinski definition) is 2.